The molecule has 0 N–H and O–H groups in total. The lowest BCUT2D eigenvalue weighted by molar-refractivity contribution is -0.144. The van der Waals surface area contributed by atoms with Crippen molar-refractivity contribution in [2.75, 3.05) is 26.7 Å². The van der Waals surface area contributed by atoms with E-state index in [2.05, 4.69) is 17.0 Å². The van der Waals surface area contributed by atoms with E-state index in [0.717, 1.165) is 11.1 Å². The van der Waals surface area contributed by atoms with Crippen LogP contribution in [0.5, 0.6) is 0 Å². The summed E-state index contributed by atoms with van der Waals surface area (Å²) in [7, 11) is 1.98. The van der Waals surface area contributed by atoms with Crippen LogP contribution >= 0.6 is 0 Å². The molecule has 1 saturated heterocycles. The summed E-state index contributed by atoms with van der Waals surface area (Å²) in [6.45, 7) is 1.90. The lowest BCUT2D eigenvalue weighted by Gasteiger charge is -2.50. The summed E-state index contributed by atoms with van der Waals surface area (Å²) in [6.07, 6.45) is -2.47. The highest BCUT2D eigenvalue weighted by atomic mass is 19.4. The Hall–Kier alpha value is -3.06. The number of amides is 1. The first-order valence-corrected chi connectivity index (χ1v) is 11.7. The maximum absolute atomic E-state index is 13.5. The number of nitrogens with zero attached hydrogens (tertiary/aromatic N) is 3. The molecule has 3 heterocycles. The van der Waals surface area contributed by atoms with Gasteiger partial charge >= 0.3 is 6.18 Å². The van der Waals surface area contributed by atoms with Crippen LogP contribution in [0.25, 0.3) is 0 Å². The number of piperidine rings is 1. The normalized spacial score (nSPS) is 18.2. The van der Waals surface area contributed by atoms with Crippen molar-refractivity contribution in [3.63, 3.8) is 0 Å². The Morgan fingerprint density at radius 2 is 1.56 bits per heavy atom. The van der Waals surface area contributed by atoms with Gasteiger partial charge in [-0.3, -0.25) is 9.69 Å². The summed E-state index contributed by atoms with van der Waals surface area (Å²) >= 11 is 0. The molecular weight excluding hydrogens is 439 g/mol. The van der Waals surface area contributed by atoms with Crippen LogP contribution < -0.4 is 0 Å². The second-order valence-corrected chi connectivity index (χ2v) is 9.32. The van der Waals surface area contributed by atoms with Crippen LogP contribution in [0, 0.1) is 0 Å². The third-order valence-electron chi connectivity index (χ3n) is 7.50. The number of halogens is 3. The van der Waals surface area contributed by atoms with Crippen LogP contribution in [-0.4, -0.2) is 47.0 Å². The Bertz CT molecular complexity index is 1180. The lowest BCUT2D eigenvalue weighted by Crippen LogP contribution is -2.56. The van der Waals surface area contributed by atoms with E-state index >= 15 is 0 Å². The van der Waals surface area contributed by atoms with Crippen molar-refractivity contribution in [1.29, 1.82) is 0 Å². The van der Waals surface area contributed by atoms with Gasteiger partial charge in [0.05, 0.1) is 5.54 Å². The monoisotopic (exact) mass is 467 g/mol. The fraction of sp³-hybridized carbons (Fsp3) is 0.370. The standard InChI is InChI=1S/C27H28F3N3O/c1-31-17-18-33-23(11-12-24(33)27(28,29)30)26(31)13-15-32(16-14-26)25(34)22-10-6-5-9-21(22)19-20-7-3-2-4-8-20/h2-12H,13-19H2,1H3. The van der Waals surface area contributed by atoms with E-state index in [1.54, 1.807) is 6.07 Å². The number of hydrogen-bond acceptors (Lipinski definition) is 2. The molecule has 2 aliphatic rings. The fourth-order valence-electron chi connectivity index (χ4n) is 5.61. The van der Waals surface area contributed by atoms with Crippen LogP contribution in [0.2, 0.25) is 0 Å². The predicted octanol–water partition coefficient (Wildman–Crippen LogP) is 5.17. The van der Waals surface area contributed by atoms with E-state index in [-0.39, 0.29) is 5.91 Å². The van der Waals surface area contributed by atoms with E-state index in [9.17, 15) is 18.0 Å². The number of alkyl halides is 3. The van der Waals surface area contributed by atoms with Gasteiger partial charge in [-0.25, -0.2) is 0 Å². The first-order chi connectivity index (χ1) is 16.3. The van der Waals surface area contributed by atoms with Crippen LogP contribution in [0.15, 0.2) is 66.7 Å². The molecule has 0 aliphatic carbocycles. The zero-order chi connectivity index (χ0) is 23.9. The minimum atomic E-state index is -4.37. The van der Waals surface area contributed by atoms with Crippen LogP contribution in [0.3, 0.4) is 0 Å². The third kappa shape index (κ3) is 3.92. The molecule has 0 saturated carbocycles. The molecule has 0 bridgehead atoms. The minimum Gasteiger partial charge on any atom is -0.338 e. The smallest absolute Gasteiger partial charge is 0.338 e. The van der Waals surface area contributed by atoms with Gasteiger partial charge in [0.1, 0.15) is 5.69 Å². The molecule has 3 aromatic rings. The van der Waals surface area contributed by atoms with Gasteiger partial charge in [0.25, 0.3) is 5.91 Å². The fourth-order valence-corrected chi connectivity index (χ4v) is 5.61. The maximum atomic E-state index is 13.5. The highest BCUT2D eigenvalue weighted by Gasteiger charge is 2.47. The number of benzene rings is 2. The molecular formula is C27H28F3N3O. The summed E-state index contributed by atoms with van der Waals surface area (Å²) in [5.74, 6) is -0.00814. The quantitative estimate of drug-likeness (QED) is 0.532. The van der Waals surface area contributed by atoms with Crippen LogP contribution in [0.4, 0.5) is 13.2 Å². The summed E-state index contributed by atoms with van der Waals surface area (Å²) < 4.78 is 42.0. The predicted molar refractivity (Wildman–Crippen MR) is 125 cm³/mol. The van der Waals surface area contributed by atoms with E-state index in [1.807, 2.05) is 54.4 Å². The average Bonchev–Trinajstić information content (AvgIpc) is 3.29. The van der Waals surface area contributed by atoms with Crippen molar-refractivity contribution in [2.24, 2.45) is 0 Å². The Balaban J connectivity index is 1.37. The van der Waals surface area contributed by atoms with Gasteiger partial charge in [-0.15, -0.1) is 0 Å². The van der Waals surface area contributed by atoms with Crippen LogP contribution in [-0.2, 0) is 24.7 Å². The van der Waals surface area contributed by atoms with Gasteiger partial charge in [0.2, 0.25) is 0 Å². The van der Waals surface area contributed by atoms with Crippen molar-refractivity contribution >= 4 is 5.91 Å². The van der Waals surface area contributed by atoms with Crippen molar-refractivity contribution in [3.8, 4) is 0 Å². The van der Waals surface area contributed by atoms with E-state index in [1.165, 1.54) is 10.6 Å². The number of carbonyl (C=O) groups is 1. The van der Waals surface area contributed by atoms with Gasteiger partial charge in [-0.2, -0.15) is 13.2 Å². The molecule has 178 valence electrons. The molecule has 1 spiro atoms. The Kier molecular flexibility index (Phi) is 5.76. The molecule has 34 heavy (non-hydrogen) atoms. The summed E-state index contributed by atoms with van der Waals surface area (Å²) in [6, 6.07) is 20.6. The van der Waals surface area contributed by atoms with Crippen molar-refractivity contribution in [1.82, 2.24) is 14.4 Å². The molecule has 4 nitrogen and oxygen atoms in total. The van der Waals surface area contributed by atoms with Crippen molar-refractivity contribution < 1.29 is 18.0 Å². The van der Waals surface area contributed by atoms with Gasteiger partial charge in [-0.05, 0) is 55.6 Å². The molecule has 1 fully saturated rings. The molecule has 7 heteroatoms. The largest absolute Gasteiger partial charge is 0.431 e. The summed E-state index contributed by atoms with van der Waals surface area (Å²) in [4.78, 5) is 17.5. The molecule has 2 aromatic carbocycles. The van der Waals surface area contributed by atoms with Crippen LogP contribution in [0.1, 0.15) is 45.7 Å². The Morgan fingerprint density at radius 1 is 0.882 bits per heavy atom. The number of hydrogen-bond donors (Lipinski definition) is 0. The van der Waals surface area contributed by atoms with Gasteiger partial charge in [0, 0.05) is 37.4 Å². The molecule has 0 atom stereocenters. The molecule has 1 aromatic heterocycles. The number of aromatic nitrogens is 1. The van der Waals surface area contributed by atoms with E-state index in [0.29, 0.717) is 56.7 Å². The lowest BCUT2D eigenvalue weighted by atomic mass is 9.81. The second kappa shape index (κ2) is 8.62. The summed E-state index contributed by atoms with van der Waals surface area (Å²) in [5, 5.41) is 0. The number of carbonyl (C=O) groups excluding carboxylic acids is 1. The Labute approximate surface area is 197 Å². The minimum absolute atomic E-state index is 0.00814. The first kappa shape index (κ1) is 22.7. The zero-order valence-corrected chi connectivity index (χ0v) is 19.2. The van der Waals surface area contributed by atoms with Crippen molar-refractivity contribution in [3.05, 3.63) is 94.8 Å². The third-order valence-corrected chi connectivity index (χ3v) is 7.50. The SMILES string of the molecule is CN1CCn2c(C(F)(F)F)ccc2C12CCN(C(=O)c1ccccc1Cc1ccccc1)CC2. The summed E-state index contributed by atoms with van der Waals surface area (Å²) in [5.41, 5.74) is 2.47. The Morgan fingerprint density at radius 3 is 2.26 bits per heavy atom. The van der Waals surface area contributed by atoms with E-state index < -0.39 is 17.4 Å². The second-order valence-electron chi connectivity index (χ2n) is 9.32. The van der Waals surface area contributed by atoms with E-state index in [4.69, 9.17) is 0 Å². The van der Waals surface area contributed by atoms with Gasteiger partial charge < -0.3 is 9.47 Å². The van der Waals surface area contributed by atoms with Crippen molar-refractivity contribution in [2.45, 2.75) is 37.5 Å². The number of rotatable bonds is 3. The highest BCUT2D eigenvalue weighted by molar-refractivity contribution is 5.96. The molecule has 0 radical (unpaired) electrons. The molecule has 2 aliphatic heterocycles. The zero-order valence-electron chi connectivity index (χ0n) is 19.2. The van der Waals surface area contributed by atoms with Gasteiger partial charge in [0.15, 0.2) is 0 Å². The highest BCUT2D eigenvalue weighted by Crippen LogP contribution is 2.44. The molecule has 0 unspecified atom stereocenters. The maximum Gasteiger partial charge on any atom is 0.431 e. The first-order valence-electron chi connectivity index (χ1n) is 11.7. The number of likely N-dealkylation sites (N-methyl/N-ethyl adjacent to an activating group) is 1. The number of fused-ring (bicyclic) bond motifs is 2. The number of likely N-dealkylation sites (tertiary alicyclic amines) is 1. The molecule has 5 rings (SSSR count). The average molecular weight is 468 g/mol. The molecule has 1 amide bonds. The topological polar surface area (TPSA) is 28.5 Å². The van der Waals surface area contributed by atoms with Gasteiger partial charge in [-0.1, -0.05) is 48.5 Å².